The molecule has 10 heteroatoms. The van der Waals surface area contributed by atoms with Crippen LogP contribution in [-0.4, -0.2) is 61.3 Å². The zero-order chi connectivity index (χ0) is 33.7. The molecule has 0 spiro atoms. The Balaban J connectivity index is 1.73. The van der Waals surface area contributed by atoms with Gasteiger partial charge in [0.25, 0.3) is 0 Å². The van der Waals surface area contributed by atoms with Gasteiger partial charge in [-0.25, -0.2) is 0 Å². The second-order valence-electron chi connectivity index (χ2n) is 10.4. The van der Waals surface area contributed by atoms with Gasteiger partial charge in [0, 0.05) is 18.2 Å². The average molecular weight is 641 g/mol. The molecule has 0 N–H and O–H groups in total. The summed E-state index contributed by atoms with van der Waals surface area (Å²) >= 11 is 0. The van der Waals surface area contributed by atoms with Gasteiger partial charge < -0.3 is 37.9 Å². The van der Waals surface area contributed by atoms with E-state index in [0.29, 0.717) is 28.4 Å². The molecule has 1 aliphatic rings. The summed E-state index contributed by atoms with van der Waals surface area (Å²) < 4.78 is 45.8. The highest BCUT2D eigenvalue weighted by Gasteiger charge is 2.45. The number of fused-ring (bicyclic) bond motifs is 1. The van der Waals surface area contributed by atoms with E-state index in [2.05, 4.69) is 0 Å². The summed E-state index contributed by atoms with van der Waals surface area (Å²) in [7, 11) is 10.5. The highest BCUT2D eigenvalue weighted by atomic mass is 16.5. The lowest BCUT2D eigenvalue weighted by molar-refractivity contribution is 0.0766. The Bertz CT molecular complexity index is 1790. The topological polar surface area (TPSA) is 108 Å². The van der Waals surface area contributed by atoms with Gasteiger partial charge in [-0.2, -0.15) is 0 Å². The van der Waals surface area contributed by atoms with Crippen molar-refractivity contribution in [2.45, 2.75) is 12.0 Å². The molecule has 0 amide bonds. The fraction of sp³-hybridized carbons (Fsp3) is 0.243. The van der Waals surface area contributed by atoms with Crippen LogP contribution in [0.3, 0.4) is 0 Å². The van der Waals surface area contributed by atoms with Crippen molar-refractivity contribution in [2.75, 3.05) is 49.8 Å². The third-order valence-electron chi connectivity index (χ3n) is 8.02. The highest BCUT2D eigenvalue weighted by molar-refractivity contribution is 6.13. The number of ketones is 2. The molecular formula is C37H36O10. The molecule has 1 heterocycles. The van der Waals surface area contributed by atoms with Crippen molar-refractivity contribution in [1.82, 2.24) is 0 Å². The molecule has 1 aliphatic heterocycles. The minimum atomic E-state index is -1.05. The zero-order valence-electron chi connectivity index (χ0n) is 27.2. The van der Waals surface area contributed by atoms with Gasteiger partial charge in [0.15, 0.2) is 11.6 Å². The maximum atomic E-state index is 14.8. The third-order valence-corrected chi connectivity index (χ3v) is 8.02. The van der Waals surface area contributed by atoms with Gasteiger partial charge in [0.2, 0.25) is 0 Å². The van der Waals surface area contributed by atoms with E-state index in [1.165, 1.54) is 41.6 Å². The number of hydrogen-bond acceptors (Lipinski definition) is 10. The first-order chi connectivity index (χ1) is 22.8. The summed E-state index contributed by atoms with van der Waals surface area (Å²) in [6.07, 6.45) is 2.21. The number of benzene rings is 4. The molecule has 0 fully saturated rings. The quantitative estimate of drug-likeness (QED) is 0.122. The van der Waals surface area contributed by atoms with Crippen LogP contribution in [0.15, 0.2) is 72.8 Å². The normalized spacial score (nSPS) is 15.3. The van der Waals surface area contributed by atoms with Gasteiger partial charge in [0.05, 0.1) is 61.2 Å². The summed E-state index contributed by atoms with van der Waals surface area (Å²) in [5, 5.41) is 0. The Labute approximate surface area is 273 Å². The largest absolute Gasteiger partial charge is 0.497 e. The molecule has 0 aromatic heterocycles. The van der Waals surface area contributed by atoms with Crippen LogP contribution in [0.25, 0.3) is 6.08 Å². The van der Waals surface area contributed by atoms with Gasteiger partial charge in [0.1, 0.15) is 63.2 Å². The lowest BCUT2D eigenvalue weighted by atomic mass is 9.79. The van der Waals surface area contributed by atoms with Crippen molar-refractivity contribution < 1.29 is 47.5 Å². The lowest BCUT2D eigenvalue weighted by Crippen LogP contribution is -2.31. The van der Waals surface area contributed by atoms with E-state index in [9.17, 15) is 9.59 Å². The molecule has 0 saturated carbocycles. The van der Waals surface area contributed by atoms with Crippen LogP contribution >= 0.6 is 0 Å². The van der Waals surface area contributed by atoms with E-state index in [1.54, 1.807) is 62.8 Å². The van der Waals surface area contributed by atoms with Gasteiger partial charge in [-0.05, 0) is 41.5 Å². The number of carbonyl (C=O) groups excluding carboxylic acids is 2. The van der Waals surface area contributed by atoms with Crippen LogP contribution in [0.2, 0.25) is 0 Å². The van der Waals surface area contributed by atoms with Crippen LogP contribution in [0.4, 0.5) is 0 Å². The minimum Gasteiger partial charge on any atom is -0.497 e. The third kappa shape index (κ3) is 6.27. The van der Waals surface area contributed by atoms with Gasteiger partial charge >= 0.3 is 0 Å². The van der Waals surface area contributed by atoms with Crippen molar-refractivity contribution >= 4 is 17.6 Å². The lowest BCUT2D eigenvalue weighted by Gasteiger charge is -2.35. The van der Waals surface area contributed by atoms with Crippen molar-refractivity contribution in [1.29, 1.82) is 0 Å². The smallest absolute Gasteiger partial charge is 0.193 e. The van der Waals surface area contributed by atoms with E-state index < -0.39 is 17.8 Å². The summed E-state index contributed by atoms with van der Waals surface area (Å²) in [4.78, 5) is 28.7. The van der Waals surface area contributed by atoms with Crippen LogP contribution in [0.1, 0.15) is 49.4 Å². The minimum absolute atomic E-state index is 0.113. The first-order valence-corrected chi connectivity index (χ1v) is 14.6. The molecule has 47 heavy (non-hydrogen) atoms. The Morgan fingerprint density at radius 3 is 1.81 bits per heavy atom. The number of hydrogen-bond donors (Lipinski definition) is 0. The fourth-order valence-corrected chi connectivity index (χ4v) is 5.68. The predicted molar refractivity (Wildman–Crippen MR) is 175 cm³/mol. The SMILES string of the molecule is COc1ccc(/C=C/C(=O)c2c(OC)cc(OC)c([C@@H]3C(=O)c4c(OC)cc(OC)cc4O[C@H]3c3ccc(OC)cc3)c2OC)cc1. The number of carbonyl (C=O) groups is 2. The summed E-state index contributed by atoms with van der Waals surface area (Å²) in [5.41, 5.74) is 2.09. The highest BCUT2D eigenvalue weighted by Crippen LogP contribution is 2.54. The van der Waals surface area contributed by atoms with Gasteiger partial charge in [-0.1, -0.05) is 30.3 Å². The van der Waals surface area contributed by atoms with E-state index in [0.717, 1.165) is 5.56 Å². The first-order valence-electron chi connectivity index (χ1n) is 14.6. The predicted octanol–water partition coefficient (Wildman–Crippen LogP) is 6.74. The van der Waals surface area contributed by atoms with Crippen LogP contribution in [0.5, 0.6) is 46.0 Å². The molecule has 0 saturated heterocycles. The van der Waals surface area contributed by atoms with Crippen molar-refractivity contribution in [3.8, 4) is 46.0 Å². The molecule has 0 bridgehead atoms. The molecule has 0 aliphatic carbocycles. The van der Waals surface area contributed by atoms with E-state index in [1.807, 2.05) is 24.3 Å². The fourth-order valence-electron chi connectivity index (χ4n) is 5.68. The molecule has 244 valence electrons. The molecule has 10 nitrogen and oxygen atoms in total. The molecule has 5 rings (SSSR count). The maximum Gasteiger partial charge on any atom is 0.193 e. The zero-order valence-corrected chi connectivity index (χ0v) is 27.2. The van der Waals surface area contributed by atoms with Crippen LogP contribution < -0.4 is 37.9 Å². The van der Waals surface area contributed by atoms with Crippen molar-refractivity contribution in [3.05, 3.63) is 101 Å². The standard InChI is InChI=1S/C37H36O10/c1-40-23-13-8-21(9-14-23)10-17-26(38)31-28(44-5)20-29(45-6)33(37(31)46-7)34-35(39)32-27(43-4)18-25(42-3)19-30(32)47-36(34)22-11-15-24(41-2)16-12-22/h8-20,34,36H,1-7H3/b17-10+/t34-,36+/m1/s1. The average Bonchev–Trinajstić information content (AvgIpc) is 3.12. The Hall–Kier alpha value is -5.64. The summed E-state index contributed by atoms with van der Waals surface area (Å²) in [6, 6.07) is 19.3. The van der Waals surface area contributed by atoms with E-state index >= 15 is 0 Å². The Kier molecular flexibility index (Phi) is 9.89. The second kappa shape index (κ2) is 14.2. The van der Waals surface area contributed by atoms with Crippen molar-refractivity contribution in [2.24, 2.45) is 0 Å². The number of Topliss-reactive ketones (excluding diaryl/α,β-unsaturated/α-hetero) is 1. The van der Waals surface area contributed by atoms with E-state index in [4.69, 9.17) is 37.9 Å². The van der Waals surface area contributed by atoms with Gasteiger partial charge in [-0.15, -0.1) is 0 Å². The van der Waals surface area contributed by atoms with Gasteiger partial charge in [-0.3, -0.25) is 9.59 Å². The number of methoxy groups -OCH3 is 7. The van der Waals surface area contributed by atoms with E-state index in [-0.39, 0.29) is 45.7 Å². The molecular weight excluding hydrogens is 604 g/mol. The first kappa shape index (κ1) is 32.7. The molecule has 2 atom stereocenters. The number of ether oxygens (including phenoxy) is 8. The molecule has 0 unspecified atom stereocenters. The monoisotopic (exact) mass is 640 g/mol. The second-order valence-corrected chi connectivity index (χ2v) is 10.4. The Morgan fingerprint density at radius 1 is 0.660 bits per heavy atom. The molecule has 4 aromatic carbocycles. The Morgan fingerprint density at radius 2 is 1.26 bits per heavy atom. The molecule has 4 aromatic rings. The van der Waals surface area contributed by atoms with Crippen LogP contribution in [0, 0.1) is 0 Å². The molecule has 0 radical (unpaired) electrons. The summed E-state index contributed by atoms with van der Waals surface area (Å²) in [6.45, 7) is 0. The number of rotatable bonds is 12. The van der Waals surface area contributed by atoms with Crippen LogP contribution in [-0.2, 0) is 0 Å². The van der Waals surface area contributed by atoms with Crippen molar-refractivity contribution in [3.63, 3.8) is 0 Å². The number of allylic oxidation sites excluding steroid dienone is 1. The summed E-state index contributed by atoms with van der Waals surface area (Å²) in [5.74, 6) is 1.13. The maximum absolute atomic E-state index is 14.8.